The number of guanidine groups is 1. The summed E-state index contributed by atoms with van der Waals surface area (Å²) < 4.78 is 0. The molecule has 2 rings (SSSR count). The topological polar surface area (TPSA) is 60.2 Å². The van der Waals surface area contributed by atoms with Gasteiger partial charge in [-0.15, -0.1) is 0 Å². The molecule has 0 saturated heterocycles. The summed E-state index contributed by atoms with van der Waals surface area (Å²) in [6, 6.07) is 10.1. The van der Waals surface area contributed by atoms with Crippen LogP contribution in [0.3, 0.4) is 0 Å². The van der Waals surface area contributed by atoms with Crippen LogP contribution >= 0.6 is 0 Å². The third-order valence-corrected chi connectivity index (χ3v) is 3.20. The van der Waals surface area contributed by atoms with E-state index < -0.39 is 0 Å². The molecule has 0 heterocycles. The van der Waals surface area contributed by atoms with Gasteiger partial charge in [0.15, 0.2) is 5.96 Å². The zero-order chi connectivity index (χ0) is 14.2. The van der Waals surface area contributed by atoms with E-state index in [1.807, 2.05) is 24.3 Å². The molecule has 0 aromatic heterocycles. The van der Waals surface area contributed by atoms with Crippen LogP contribution in [0.4, 0.5) is 0 Å². The maximum absolute atomic E-state index is 8.77. The van der Waals surface area contributed by atoms with Gasteiger partial charge in [0, 0.05) is 12.6 Å². The number of aliphatic imine (C=N–C) groups is 1. The van der Waals surface area contributed by atoms with Gasteiger partial charge in [-0.25, -0.2) is 4.99 Å². The first-order chi connectivity index (χ1) is 9.81. The highest BCUT2D eigenvalue weighted by atomic mass is 15.2. The number of nitrogens with zero attached hydrogens (tertiary/aromatic N) is 2. The van der Waals surface area contributed by atoms with Crippen molar-refractivity contribution in [3.05, 3.63) is 47.5 Å². The normalized spacial score (nSPS) is 15.1. The third-order valence-electron chi connectivity index (χ3n) is 3.20. The molecule has 1 aromatic rings. The fraction of sp³-hybridized carbons (Fsp3) is 0.375. The van der Waals surface area contributed by atoms with Crippen LogP contribution < -0.4 is 10.6 Å². The zero-order valence-electron chi connectivity index (χ0n) is 11.8. The van der Waals surface area contributed by atoms with E-state index in [4.69, 9.17) is 5.26 Å². The standard InChI is InChI=1S/C16H20N4/c1-2-18-16(20-15-5-3-4-6-15)19-12-14-9-7-13(11-17)8-10-14/h3-4,7-10,15H,2,5-6,12H2,1H3,(H2,18,19,20). The van der Waals surface area contributed by atoms with Crippen molar-refractivity contribution in [3.8, 4) is 6.07 Å². The second-order valence-corrected chi connectivity index (χ2v) is 4.79. The van der Waals surface area contributed by atoms with Crippen molar-refractivity contribution < 1.29 is 0 Å². The number of benzene rings is 1. The Bertz CT molecular complexity index is 514. The van der Waals surface area contributed by atoms with Crippen molar-refractivity contribution >= 4 is 5.96 Å². The Kier molecular flexibility index (Phi) is 5.19. The summed E-state index contributed by atoms with van der Waals surface area (Å²) in [5.74, 6) is 0.852. The zero-order valence-corrected chi connectivity index (χ0v) is 11.8. The Morgan fingerprint density at radius 2 is 2.00 bits per heavy atom. The molecule has 1 aliphatic rings. The fourth-order valence-corrected chi connectivity index (χ4v) is 2.10. The van der Waals surface area contributed by atoms with Crippen molar-refractivity contribution in [1.29, 1.82) is 5.26 Å². The van der Waals surface area contributed by atoms with Crippen LogP contribution in [0, 0.1) is 11.3 Å². The number of nitriles is 1. The molecular formula is C16H20N4. The summed E-state index contributed by atoms with van der Waals surface area (Å²) >= 11 is 0. The number of hydrogen-bond donors (Lipinski definition) is 2. The van der Waals surface area contributed by atoms with E-state index in [2.05, 4.69) is 40.8 Å². The van der Waals surface area contributed by atoms with Crippen LogP contribution in [0.1, 0.15) is 30.9 Å². The largest absolute Gasteiger partial charge is 0.357 e. The number of hydrogen-bond acceptors (Lipinski definition) is 2. The van der Waals surface area contributed by atoms with Crippen LogP contribution in [0.2, 0.25) is 0 Å². The molecule has 0 bridgehead atoms. The van der Waals surface area contributed by atoms with Crippen LogP contribution in [0.25, 0.3) is 0 Å². The monoisotopic (exact) mass is 268 g/mol. The van der Waals surface area contributed by atoms with Crippen LogP contribution in [0.5, 0.6) is 0 Å². The third kappa shape index (κ3) is 4.13. The first-order valence-corrected chi connectivity index (χ1v) is 7.00. The van der Waals surface area contributed by atoms with Crippen LogP contribution in [-0.2, 0) is 6.54 Å². The Hall–Kier alpha value is -2.28. The van der Waals surface area contributed by atoms with Crippen molar-refractivity contribution in [1.82, 2.24) is 10.6 Å². The molecule has 0 atom stereocenters. The molecule has 20 heavy (non-hydrogen) atoms. The Labute approximate surface area is 120 Å². The van der Waals surface area contributed by atoms with E-state index in [1.54, 1.807) is 0 Å². The summed E-state index contributed by atoms with van der Waals surface area (Å²) in [5.41, 5.74) is 1.78. The first-order valence-electron chi connectivity index (χ1n) is 7.00. The van der Waals surface area contributed by atoms with Crippen molar-refractivity contribution in [2.75, 3.05) is 6.54 Å². The van der Waals surface area contributed by atoms with Gasteiger partial charge in [0.2, 0.25) is 0 Å². The van der Waals surface area contributed by atoms with E-state index in [0.717, 1.165) is 30.9 Å². The molecule has 0 amide bonds. The molecule has 0 radical (unpaired) electrons. The summed E-state index contributed by atoms with van der Waals surface area (Å²) in [6.45, 7) is 3.52. The predicted octanol–water partition coefficient (Wildman–Crippen LogP) is 2.33. The molecule has 1 aliphatic carbocycles. The van der Waals surface area contributed by atoms with Crippen LogP contribution in [0.15, 0.2) is 41.4 Å². The smallest absolute Gasteiger partial charge is 0.191 e. The quantitative estimate of drug-likeness (QED) is 0.500. The second kappa shape index (κ2) is 7.34. The van der Waals surface area contributed by atoms with E-state index in [-0.39, 0.29) is 0 Å². The second-order valence-electron chi connectivity index (χ2n) is 4.79. The summed E-state index contributed by atoms with van der Waals surface area (Å²) in [6.07, 6.45) is 6.51. The Morgan fingerprint density at radius 1 is 1.30 bits per heavy atom. The molecule has 1 aromatic carbocycles. The Morgan fingerprint density at radius 3 is 2.60 bits per heavy atom. The SMILES string of the molecule is CCNC(=NCc1ccc(C#N)cc1)NC1CC=CC1. The van der Waals surface area contributed by atoms with Gasteiger partial charge in [-0.1, -0.05) is 24.3 Å². The summed E-state index contributed by atoms with van der Waals surface area (Å²) in [4.78, 5) is 4.59. The van der Waals surface area contributed by atoms with Gasteiger partial charge in [0.05, 0.1) is 18.2 Å². The molecule has 0 unspecified atom stereocenters. The van der Waals surface area contributed by atoms with Gasteiger partial charge in [0.1, 0.15) is 0 Å². The highest BCUT2D eigenvalue weighted by Crippen LogP contribution is 2.09. The van der Waals surface area contributed by atoms with Gasteiger partial charge in [-0.05, 0) is 37.5 Å². The summed E-state index contributed by atoms with van der Waals surface area (Å²) in [5, 5.41) is 15.5. The summed E-state index contributed by atoms with van der Waals surface area (Å²) in [7, 11) is 0. The average molecular weight is 268 g/mol. The lowest BCUT2D eigenvalue weighted by atomic mass is 10.1. The number of rotatable bonds is 4. The number of nitrogens with one attached hydrogen (secondary N) is 2. The maximum atomic E-state index is 8.77. The highest BCUT2D eigenvalue weighted by molar-refractivity contribution is 5.80. The molecular weight excluding hydrogens is 248 g/mol. The molecule has 0 spiro atoms. The van der Waals surface area contributed by atoms with E-state index >= 15 is 0 Å². The molecule has 4 heteroatoms. The first kappa shape index (κ1) is 14.1. The lowest BCUT2D eigenvalue weighted by Gasteiger charge is -2.16. The molecule has 104 valence electrons. The molecule has 0 saturated carbocycles. The molecule has 2 N–H and O–H groups in total. The lowest BCUT2D eigenvalue weighted by Crippen LogP contribution is -2.42. The molecule has 0 fully saturated rings. The van der Waals surface area contributed by atoms with Gasteiger partial charge >= 0.3 is 0 Å². The highest BCUT2D eigenvalue weighted by Gasteiger charge is 2.11. The van der Waals surface area contributed by atoms with Gasteiger partial charge in [-0.3, -0.25) is 0 Å². The van der Waals surface area contributed by atoms with E-state index in [0.29, 0.717) is 18.2 Å². The molecule has 0 aliphatic heterocycles. The average Bonchev–Trinajstić information content (AvgIpc) is 2.98. The minimum atomic E-state index is 0.453. The van der Waals surface area contributed by atoms with Gasteiger partial charge in [-0.2, -0.15) is 5.26 Å². The fourth-order valence-electron chi connectivity index (χ4n) is 2.10. The minimum Gasteiger partial charge on any atom is -0.357 e. The van der Waals surface area contributed by atoms with Crippen LogP contribution in [-0.4, -0.2) is 18.5 Å². The predicted molar refractivity (Wildman–Crippen MR) is 81.3 cm³/mol. The minimum absolute atomic E-state index is 0.453. The van der Waals surface area contributed by atoms with Crippen molar-refractivity contribution in [3.63, 3.8) is 0 Å². The van der Waals surface area contributed by atoms with Gasteiger partial charge in [0.25, 0.3) is 0 Å². The van der Waals surface area contributed by atoms with Gasteiger partial charge < -0.3 is 10.6 Å². The maximum Gasteiger partial charge on any atom is 0.191 e. The van der Waals surface area contributed by atoms with Crippen molar-refractivity contribution in [2.45, 2.75) is 32.4 Å². The van der Waals surface area contributed by atoms with E-state index in [1.165, 1.54) is 0 Å². The molecule has 4 nitrogen and oxygen atoms in total. The van der Waals surface area contributed by atoms with Crippen molar-refractivity contribution in [2.24, 2.45) is 4.99 Å². The van der Waals surface area contributed by atoms with E-state index in [9.17, 15) is 0 Å². The Balaban J connectivity index is 1.95. The lowest BCUT2D eigenvalue weighted by molar-refractivity contribution is 0.633.